The highest BCUT2D eigenvalue weighted by atomic mass is 19.3. The molecule has 4 aromatic rings. The number of halogens is 2. The number of nitrogens with zero attached hydrogens (tertiary/aromatic N) is 4. The molecule has 3 aromatic heterocycles. The number of fused-ring (bicyclic) bond motifs is 1. The molecule has 7 nitrogen and oxygen atoms in total. The summed E-state index contributed by atoms with van der Waals surface area (Å²) < 4.78 is 32.4. The molecule has 1 atom stereocenters. The molecule has 0 saturated carbocycles. The Labute approximate surface area is 206 Å². The minimum atomic E-state index is -2.90. The van der Waals surface area contributed by atoms with E-state index in [1.807, 2.05) is 35.7 Å². The minimum Gasteiger partial charge on any atom is -0.481 e. The highest BCUT2D eigenvalue weighted by Gasteiger charge is 2.22. The lowest BCUT2D eigenvalue weighted by Crippen LogP contribution is -2.16. The first-order valence-corrected chi connectivity index (χ1v) is 11.6. The number of hydrogen-bond acceptors (Lipinski definition) is 5. The van der Waals surface area contributed by atoms with Gasteiger partial charge in [0, 0.05) is 47.4 Å². The SMILES string of the molecule is Cc1nc2ccc(-c3cnc(C4=CCC(C(=O)O)CC4)nc3)cn2c1Cc1ccccc1OC(F)F. The maximum absolute atomic E-state index is 12.9. The number of rotatable bonds is 7. The van der Waals surface area contributed by atoms with Gasteiger partial charge >= 0.3 is 12.6 Å². The van der Waals surface area contributed by atoms with Crippen LogP contribution in [-0.4, -0.2) is 37.0 Å². The summed E-state index contributed by atoms with van der Waals surface area (Å²) in [6.45, 7) is -1.00. The Morgan fingerprint density at radius 2 is 1.94 bits per heavy atom. The molecule has 3 heterocycles. The second-order valence-electron chi connectivity index (χ2n) is 8.79. The molecule has 5 rings (SSSR count). The van der Waals surface area contributed by atoms with Crippen molar-refractivity contribution in [1.29, 1.82) is 0 Å². The Hall–Kier alpha value is -4.14. The van der Waals surface area contributed by atoms with Crippen molar-refractivity contribution >= 4 is 17.2 Å². The topological polar surface area (TPSA) is 89.6 Å². The van der Waals surface area contributed by atoms with Crippen LogP contribution in [0.15, 0.2) is 61.1 Å². The fraction of sp³-hybridized carbons (Fsp3) is 0.259. The third kappa shape index (κ3) is 4.82. The quantitative estimate of drug-likeness (QED) is 0.365. The van der Waals surface area contributed by atoms with E-state index in [4.69, 9.17) is 4.74 Å². The van der Waals surface area contributed by atoms with E-state index in [1.165, 1.54) is 6.07 Å². The zero-order chi connectivity index (χ0) is 25.2. The van der Waals surface area contributed by atoms with Gasteiger partial charge in [-0.05, 0) is 50.0 Å². The lowest BCUT2D eigenvalue weighted by molar-refractivity contribution is -0.141. The third-order valence-corrected chi connectivity index (χ3v) is 6.50. The largest absolute Gasteiger partial charge is 0.481 e. The van der Waals surface area contributed by atoms with Gasteiger partial charge in [0.2, 0.25) is 0 Å². The predicted molar refractivity (Wildman–Crippen MR) is 130 cm³/mol. The van der Waals surface area contributed by atoms with Gasteiger partial charge in [0.15, 0.2) is 5.82 Å². The maximum atomic E-state index is 12.9. The number of aromatic nitrogens is 4. The van der Waals surface area contributed by atoms with Gasteiger partial charge in [0.05, 0.1) is 11.6 Å². The summed E-state index contributed by atoms with van der Waals surface area (Å²) in [4.78, 5) is 24.8. The molecule has 1 aliphatic rings. The van der Waals surface area contributed by atoms with Gasteiger partial charge < -0.3 is 14.2 Å². The van der Waals surface area contributed by atoms with E-state index in [-0.39, 0.29) is 11.7 Å². The number of ether oxygens (including phenoxy) is 1. The average molecular weight is 491 g/mol. The predicted octanol–water partition coefficient (Wildman–Crippen LogP) is 5.56. The number of imidazole rings is 1. The number of benzene rings is 1. The normalized spacial score (nSPS) is 15.8. The Bertz CT molecular complexity index is 1450. The highest BCUT2D eigenvalue weighted by molar-refractivity contribution is 5.73. The van der Waals surface area contributed by atoms with Crippen LogP contribution in [0.25, 0.3) is 22.3 Å². The zero-order valence-corrected chi connectivity index (χ0v) is 19.6. The van der Waals surface area contributed by atoms with E-state index in [9.17, 15) is 18.7 Å². The third-order valence-electron chi connectivity index (χ3n) is 6.50. The molecular weight excluding hydrogens is 466 g/mol. The van der Waals surface area contributed by atoms with Crippen molar-refractivity contribution in [3.8, 4) is 16.9 Å². The average Bonchev–Trinajstić information content (AvgIpc) is 3.19. The van der Waals surface area contributed by atoms with Crippen molar-refractivity contribution in [2.24, 2.45) is 5.92 Å². The van der Waals surface area contributed by atoms with E-state index >= 15 is 0 Å². The number of allylic oxidation sites excluding steroid dienone is 2. The molecular formula is C27H24F2N4O3. The molecule has 1 unspecified atom stereocenters. The van der Waals surface area contributed by atoms with Crippen molar-refractivity contribution in [2.75, 3.05) is 0 Å². The first-order chi connectivity index (χ1) is 17.4. The summed E-state index contributed by atoms with van der Waals surface area (Å²) in [5.41, 5.74) is 5.73. The van der Waals surface area contributed by atoms with Crippen molar-refractivity contribution in [3.05, 3.63) is 83.8 Å². The summed E-state index contributed by atoms with van der Waals surface area (Å²) in [5, 5.41) is 9.18. The second-order valence-corrected chi connectivity index (χ2v) is 8.79. The molecule has 0 saturated heterocycles. The van der Waals surface area contributed by atoms with E-state index in [0.29, 0.717) is 37.1 Å². The number of pyridine rings is 1. The molecule has 0 bridgehead atoms. The van der Waals surface area contributed by atoms with Crippen LogP contribution in [-0.2, 0) is 11.2 Å². The first kappa shape index (κ1) is 23.6. The number of carboxylic acids is 1. The van der Waals surface area contributed by atoms with Crippen LogP contribution in [0.3, 0.4) is 0 Å². The van der Waals surface area contributed by atoms with Gasteiger partial charge in [-0.25, -0.2) is 15.0 Å². The van der Waals surface area contributed by atoms with Gasteiger partial charge in [-0.3, -0.25) is 4.79 Å². The number of carboxylic acid groups (broad SMARTS) is 1. The van der Waals surface area contributed by atoms with Crippen molar-refractivity contribution in [1.82, 2.24) is 19.4 Å². The van der Waals surface area contributed by atoms with Crippen LogP contribution in [0.5, 0.6) is 5.75 Å². The molecule has 1 aliphatic carbocycles. The smallest absolute Gasteiger partial charge is 0.387 e. The standard InChI is InChI=1S/C27H24F2N4O3/c1-16-22(12-19-4-2-3-5-23(19)36-27(28)29)33-15-20(10-11-24(33)32-16)21-13-30-25(31-14-21)17-6-8-18(9-7-17)26(34)35/h2-6,10-11,13-15,18,27H,7-9,12H2,1H3,(H,34,35). The fourth-order valence-electron chi connectivity index (χ4n) is 4.54. The Morgan fingerprint density at radius 3 is 2.64 bits per heavy atom. The number of aliphatic carboxylic acids is 1. The zero-order valence-electron chi connectivity index (χ0n) is 19.6. The number of carbonyl (C=O) groups is 1. The second kappa shape index (κ2) is 9.85. The first-order valence-electron chi connectivity index (χ1n) is 11.6. The van der Waals surface area contributed by atoms with Crippen molar-refractivity contribution in [2.45, 2.75) is 39.2 Å². The summed E-state index contributed by atoms with van der Waals surface area (Å²) in [5.74, 6) is -0.357. The molecule has 36 heavy (non-hydrogen) atoms. The van der Waals surface area contributed by atoms with Gasteiger partial charge in [-0.2, -0.15) is 8.78 Å². The summed E-state index contributed by atoms with van der Waals surface area (Å²) in [6, 6.07) is 10.6. The van der Waals surface area contributed by atoms with Gasteiger partial charge in [0.1, 0.15) is 11.4 Å². The molecule has 184 valence electrons. The summed E-state index contributed by atoms with van der Waals surface area (Å²) in [7, 11) is 0. The van der Waals surface area contributed by atoms with Crippen molar-refractivity contribution in [3.63, 3.8) is 0 Å². The molecule has 1 aromatic carbocycles. The molecule has 0 radical (unpaired) electrons. The van der Waals surface area contributed by atoms with Gasteiger partial charge in [-0.1, -0.05) is 24.3 Å². The van der Waals surface area contributed by atoms with Gasteiger partial charge in [0.25, 0.3) is 0 Å². The molecule has 0 spiro atoms. The van der Waals surface area contributed by atoms with Crippen LogP contribution >= 0.6 is 0 Å². The van der Waals surface area contributed by atoms with Crippen LogP contribution < -0.4 is 4.74 Å². The lowest BCUT2D eigenvalue weighted by Gasteiger charge is -2.17. The molecule has 1 N–H and O–H groups in total. The monoisotopic (exact) mass is 490 g/mol. The van der Waals surface area contributed by atoms with Crippen LogP contribution in [0, 0.1) is 12.8 Å². The molecule has 0 aliphatic heterocycles. The Balaban J connectivity index is 1.42. The van der Waals surface area contributed by atoms with E-state index in [2.05, 4.69) is 15.0 Å². The molecule has 0 fully saturated rings. The van der Waals surface area contributed by atoms with Gasteiger partial charge in [-0.15, -0.1) is 0 Å². The summed E-state index contributed by atoms with van der Waals surface area (Å²) in [6.07, 6.45) is 9.44. The number of alkyl halides is 2. The number of para-hydroxylation sites is 1. The summed E-state index contributed by atoms with van der Waals surface area (Å²) >= 11 is 0. The Morgan fingerprint density at radius 1 is 1.17 bits per heavy atom. The fourth-order valence-corrected chi connectivity index (χ4v) is 4.54. The Kier molecular flexibility index (Phi) is 6.45. The maximum Gasteiger partial charge on any atom is 0.387 e. The van der Waals surface area contributed by atoms with E-state index in [0.717, 1.165) is 33.7 Å². The van der Waals surface area contributed by atoms with E-state index in [1.54, 1.807) is 30.6 Å². The minimum absolute atomic E-state index is 0.147. The molecule has 0 amide bonds. The lowest BCUT2D eigenvalue weighted by atomic mass is 9.89. The van der Waals surface area contributed by atoms with Crippen LogP contribution in [0.4, 0.5) is 8.78 Å². The molecule has 9 heteroatoms. The number of aryl methyl sites for hydroxylation is 1. The number of hydrogen-bond donors (Lipinski definition) is 1. The highest BCUT2D eigenvalue weighted by Crippen LogP contribution is 2.30. The van der Waals surface area contributed by atoms with Crippen molar-refractivity contribution < 1.29 is 23.4 Å². The van der Waals surface area contributed by atoms with E-state index < -0.39 is 12.6 Å². The van der Waals surface area contributed by atoms with Crippen LogP contribution in [0.1, 0.15) is 42.0 Å². The van der Waals surface area contributed by atoms with Crippen LogP contribution in [0.2, 0.25) is 0 Å².